The monoisotopic (exact) mass is 243 g/mol. The van der Waals surface area contributed by atoms with Crippen molar-refractivity contribution in [2.75, 3.05) is 6.54 Å². The third-order valence-corrected chi connectivity index (χ3v) is 2.76. The number of aliphatic imine (C=N–C) groups is 1. The molecule has 0 saturated heterocycles. The molecule has 3 N–H and O–H groups in total. The minimum absolute atomic E-state index is 0.398. The van der Waals surface area contributed by atoms with Gasteiger partial charge in [-0.1, -0.05) is 24.3 Å². The van der Waals surface area contributed by atoms with Crippen molar-refractivity contribution in [3.05, 3.63) is 48.2 Å². The molecule has 1 heterocycles. The minimum Gasteiger partial charge on any atom is -0.459 e. The average molecular weight is 243 g/mol. The van der Waals surface area contributed by atoms with Crippen molar-refractivity contribution < 1.29 is 4.42 Å². The fourth-order valence-corrected chi connectivity index (χ4v) is 1.77. The topological polar surface area (TPSA) is 63.5 Å². The second-order valence-corrected chi connectivity index (χ2v) is 4.02. The Hall–Kier alpha value is -2.23. The summed E-state index contributed by atoms with van der Waals surface area (Å²) in [4.78, 5) is 4.23. The van der Waals surface area contributed by atoms with Gasteiger partial charge in [-0.05, 0) is 13.0 Å². The highest BCUT2D eigenvalue weighted by molar-refractivity contribution is 5.82. The lowest BCUT2D eigenvalue weighted by Gasteiger charge is -2.01. The first kappa shape index (κ1) is 12.2. The summed E-state index contributed by atoms with van der Waals surface area (Å²) >= 11 is 0. The molecule has 2 aromatic rings. The molecule has 0 aliphatic heterocycles. The molecule has 0 amide bonds. The Morgan fingerprint density at radius 2 is 2.28 bits per heavy atom. The fraction of sp³-hybridized carbons (Fsp3) is 0.214. The van der Waals surface area contributed by atoms with Gasteiger partial charge in [0.25, 0.3) is 0 Å². The van der Waals surface area contributed by atoms with Gasteiger partial charge in [-0.3, -0.25) is 0 Å². The molecule has 0 saturated carbocycles. The van der Waals surface area contributed by atoms with Crippen molar-refractivity contribution in [1.82, 2.24) is 5.32 Å². The van der Waals surface area contributed by atoms with Crippen LogP contribution in [0.1, 0.15) is 11.3 Å². The zero-order chi connectivity index (χ0) is 13.0. The summed E-state index contributed by atoms with van der Waals surface area (Å²) in [5, 5.41) is 4.05. The van der Waals surface area contributed by atoms with E-state index in [1.165, 1.54) is 0 Å². The molecule has 0 aliphatic carbocycles. The summed E-state index contributed by atoms with van der Waals surface area (Å²) < 4.78 is 5.74. The van der Waals surface area contributed by atoms with Crippen LogP contribution < -0.4 is 11.1 Å². The molecule has 1 aromatic carbocycles. The SMILES string of the molecule is C=CCNC(N)=NCc1oc2ccccc2c1C. The van der Waals surface area contributed by atoms with Crippen LogP contribution in [0.5, 0.6) is 0 Å². The molecular weight excluding hydrogens is 226 g/mol. The lowest BCUT2D eigenvalue weighted by atomic mass is 10.1. The van der Waals surface area contributed by atoms with E-state index in [-0.39, 0.29) is 0 Å². The number of aryl methyl sites for hydroxylation is 1. The third kappa shape index (κ3) is 2.53. The number of rotatable bonds is 4. The van der Waals surface area contributed by atoms with Gasteiger partial charge < -0.3 is 15.5 Å². The van der Waals surface area contributed by atoms with Crippen LogP contribution >= 0.6 is 0 Å². The largest absolute Gasteiger partial charge is 0.459 e. The van der Waals surface area contributed by atoms with Crippen LogP contribution in [0, 0.1) is 6.92 Å². The van der Waals surface area contributed by atoms with E-state index in [1.54, 1.807) is 6.08 Å². The first-order valence-corrected chi connectivity index (χ1v) is 5.84. The molecular formula is C14H17N3O. The highest BCUT2D eigenvalue weighted by Crippen LogP contribution is 2.25. The number of hydrogen-bond acceptors (Lipinski definition) is 2. The van der Waals surface area contributed by atoms with Crippen molar-refractivity contribution in [1.29, 1.82) is 0 Å². The number of benzene rings is 1. The van der Waals surface area contributed by atoms with E-state index in [0.717, 1.165) is 22.3 Å². The van der Waals surface area contributed by atoms with Crippen LogP contribution in [0.3, 0.4) is 0 Å². The number of nitrogens with one attached hydrogen (secondary N) is 1. The quantitative estimate of drug-likeness (QED) is 0.492. The third-order valence-electron chi connectivity index (χ3n) is 2.76. The van der Waals surface area contributed by atoms with E-state index in [1.807, 2.05) is 31.2 Å². The van der Waals surface area contributed by atoms with Crippen LogP contribution in [-0.4, -0.2) is 12.5 Å². The van der Waals surface area contributed by atoms with Gasteiger partial charge in [0.15, 0.2) is 5.96 Å². The molecule has 0 unspecified atom stereocenters. The summed E-state index contributed by atoms with van der Waals surface area (Å²) in [7, 11) is 0. The Morgan fingerprint density at radius 3 is 3.00 bits per heavy atom. The summed E-state index contributed by atoms with van der Waals surface area (Å²) in [5.41, 5.74) is 7.70. The Bertz CT molecular complexity index is 584. The second-order valence-electron chi connectivity index (χ2n) is 4.02. The van der Waals surface area contributed by atoms with E-state index < -0.39 is 0 Å². The van der Waals surface area contributed by atoms with Gasteiger partial charge in [0.05, 0.1) is 0 Å². The van der Waals surface area contributed by atoms with Gasteiger partial charge in [-0.2, -0.15) is 0 Å². The first-order valence-electron chi connectivity index (χ1n) is 5.84. The zero-order valence-electron chi connectivity index (χ0n) is 10.4. The molecule has 0 radical (unpaired) electrons. The van der Waals surface area contributed by atoms with E-state index in [0.29, 0.717) is 19.0 Å². The van der Waals surface area contributed by atoms with E-state index >= 15 is 0 Å². The molecule has 4 nitrogen and oxygen atoms in total. The van der Waals surface area contributed by atoms with Crippen molar-refractivity contribution in [3.63, 3.8) is 0 Å². The minimum atomic E-state index is 0.398. The molecule has 94 valence electrons. The normalized spacial score (nSPS) is 11.7. The Morgan fingerprint density at radius 1 is 1.50 bits per heavy atom. The molecule has 0 spiro atoms. The van der Waals surface area contributed by atoms with Crippen LogP contribution in [0.25, 0.3) is 11.0 Å². The van der Waals surface area contributed by atoms with Crippen molar-refractivity contribution in [2.45, 2.75) is 13.5 Å². The molecule has 0 aliphatic rings. The fourth-order valence-electron chi connectivity index (χ4n) is 1.77. The van der Waals surface area contributed by atoms with E-state index in [2.05, 4.69) is 16.9 Å². The molecule has 2 rings (SSSR count). The zero-order valence-corrected chi connectivity index (χ0v) is 10.4. The van der Waals surface area contributed by atoms with Gasteiger partial charge in [0.1, 0.15) is 17.9 Å². The summed E-state index contributed by atoms with van der Waals surface area (Å²) in [6, 6.07) is 7.95. The Labute approximate surface area is 106 Å². The number of guanidine groups is 1. The number of hydrogen-bond donors (Lipinski definition) is 2. The predicted octanol–water partition coefficient (Wildman–Crippen LogP) is 2.33. The molecule has 0 fully saturated rings. The summed E-state index contributed by atoms with van der Waals surface area (Å²) in [6.45, 7) is 6.68. The maximum absolute atomic E-state index is 5.74. The number of furan rings is 1. The summed E-state index contributed by atoms with van der Waals surface area (Å²) in [5.74, 6) is 1.24. The number of nitrogens with two attached hydrogens (primary N) is 1. The van der Waals surface area contributed by atoms with Gasteiger partial charge in [0.2, 0.25) is 0 Å². The number of para-hydroxylation sites is 1. The Kier molecular flexibility index (Phi) is 3.67. The van der Waals surface area contributed by atoms with Crippen LogP contribution in [0.15, 0.2) is 46.3 Å². The molecule has 18 heavy (non-hydrogen) atoms. The highest BCUT2D eigenvalue weighted by Gasteiger charge is 2.08. The predicted molar refractivity (Wildman–Crippen MR) is 74.5 cm³/mol. The number of fused-ring (bicyclic) bond motifs is 1. The molecule has 0 atom stereocenters. The van der Waals surface area contributed by atoms with Crippen LogP contribution in [0.2, 0.25) is 0 Å². The smallest absolute Gasteiger partial charge is 0.189 e. The van der Waals surface area contributed by atoms with Gasteiger partial charge >= 0.3 is 0 Å². The average Bonchev–Trinajstić information content (AvgIpc) is 2.71. The summed E-state index contributed by atoms with van der Waals surface area (Å²) in [6.07, 6.45) is 1.73. The molecule has 0 bridgehead atoms. The van der Waals surface area contributed by atoms with Crippen LogP contribution in [0.4, 0.5) is 0 Å². The van der Waals surface area contributed by atoms with E-state index in [4.69, 9.17) is 10.2 Å². The second kappa shape index (κ2) is 5.40. The maximum Gasteiger partial charge on any atom is 0.189 e. The van der Waals surface area contributed by atoms with Gasteiger partial charge in [-0.15, -0.1) is 6.58 Å². The number of nitrogens with zero attached hydrogens (tertiary/aromatic N) is 1. The maximum atomic E-state index is 5.74. The van der Waals surface area contributed by atoms with Crippen LogP contribution in [-0.2, 0) is 6.54 Å². The highest BCUT2D eigenvalue weighted by atomic mass is 16.3. The lowest BCUT2D eigenvalue weighted by molar-refractivity contribution is 0.548. The first-order chi connectivity index (χ1) is 8.72. The molecule has 4 heteroatoms. The Balaban J connectivity index is 2.17. The van der Waals surface area contributed by atoms with Crippen molar-refractivity contribution in [2.24, 2.45) is 10.7 Å². The lowest BCUT2D eigenvalue weighted by Crippen LogP contribution is -2.31. The van der Waals surface area contributed by atoms with Crippen molar-refractivity contribution >= 4 is 16.9 Å². The van der Waals surface area contributed by atoms with Gasteiger partial charge in [0, 0.05) is 17.5 Å². The van der Waals surface area contributed by atoms with Crippen molar-refractivity contribution in [3.8, 4) is 0 Å². The van der Waals surface area contributed by atoms with Gasteiger partial charge in [-0.25, -0.2) is 4.99 Å². The van der Waals surface area contributed by atoms with E-state index in [9.17, 15) is 0 Å². The standard InChI is InChI=1S/C14H17N3O/c1-3-8-16-14(15)17-9-13-10(2)11-6-4-5-7-12(11)18-13/h3-7H,1,8-9H2,2H3,(H3,15,16,17). The molecule has 1 aromatic heterocycles.